The van der Waals surface area contributed by atoms with Crippen molar-refractivity contribution < 1.29 is 9.59 Å². The van der Waals surface area contributed by atoms with Crippen LogP contribution in [0.1, 0.15) is 37.2 Å². The van der Waals surface area contributed by atoms with Crippen LogP contribution in [0.3, 0.4) is 0 Å². The zero-order chi connectivity index (χ0) is 23.5. The van der Waals surface area contributed by atoms with Gasteiger partial charge in [-0.15, -0.1) is 11.3 Å². The summed E-state index contributed by atoms with van der Waals surface area (Å²) in [5.41, 5.74) is 2.01. The first kappa shape index (κ1) is 23.4. The van der Waals surface area contributed by atoms with E-state index in [0.717, 1.165) is 35.1 Å². The molecule has 2 heterocycles. The van der Waals surface area contributed by atoms with Crippen LogP contribution in [0, 0.1) is 0 Å². The molecule has 10 heteroatoms. The minimum absolute atomic E-state index is 0.0660. The molecule has 4 rings (SSSR count). The summed E-state index contributed by atoms with van der Waals surface area (Å²) in [6.45, 7) is 2.57. The summed E-state index contributed by atoms with van der Waals surface area (Å²) in [4.78, 5) is 41.6. The lowest BCUT2D eigenvalue weighted by Crippen LogP contribution is -2.43. The summed E-state index contributed by atoms with van der Waals surface area (Å²) in [5, 5.41) is 9.88. The summed E-state index contributed by atoms with van der Waals surface area (Å²) in [7, 11) is 1.69. The number of benzene rings is 1. The number of hydrogen-bond acceptors (Lipinski definition) is 6. The zero-order valence-electron chi connectivity index (χ0n) is 18.5. The van der Waals surface area contributed by atoms with Gasteiger partial charge in [-0.1, -0.05) is 18.5 Å². The number of nitrogens with one attached hydrogen (secondary N) is 3. The van der Waals surface area contributed by atoms with Crippen LogP contribution in [0.4, 0.5) is 0 Å². The number of pyridine rings is 1. The first-order valence-corrected chi connectivity index (χ1v) is 12.1. The number of thiazole rings is 1. The quantitative estimate of drug-likeness (QED) is 0.430. The van der Waals surface area contributed by atoms with Gasteiger partial charge in [-0.25, -0.2) is 4.98 Å². The van der Waals surface area contributed by atoms with Gasteiger partial charge in [0.2, 0.25) is 11.8 Å². The SMILES string of the molecule is CCCNC(C(=O)NCC(=O)NC1CC1)c1nc2cc(Cl)c(-c3ccn(C)c(=O)c3)cc2s1. The largest absolute Gasteiger partial charge is 0.352 e. The van der Waals surface area contributed by atoms with Crippen molar-refractivity contribution in [3.63, 3.8) is 0 Å². The lowest BCUT2D eigenvalue weighted by molar-refractivity contribution is -0.127. The lowest BCUT2D eigenvalue weighted by atomic mass is 10.1. The Labute approximate surface area is 200 Å². The van der Waals surface area contributed by atoms with Gasteiger partial charge in [0, 0.05) is 30.9 Å². The van der Waals surface area contributed by atoms with E-state index in [1.165, 1.54) is 15.9 Å². The van der Waals surface area contributed by atoms with E-state index in [4.69, 9.17) is 11.6 Å². The van der Waals surface area contributed by atoms with Crippen LogP contribution in [0.5, 0.6) is 0 Å². The Morgan fingerprint density at radius 3 is 2.79 bits per heavy atom. The maximum absolute atomic E-state index is 12.9. The smallest absolute Gasteiger partial charge is 0.250 e. The second-order valence-corrected chi connectivity index (χ2v) is 9.63. The van der Waals surface area contributed by atoms with E-state index in [1.807, 2.05) is 19.1 Å². The van der Waals surface area contributed by atoms with Crippen molar-refractivity contribution in [2.24, 2.45) is 7.05 Å². The number of hydrogen-bond donors (Lipinski definition) is 3. The molecule has 1 aliphatic carbocycles. The van der Waals surface area contributed by atoms with Crippen molar-refractivity contribution in [1.82, 2.24) is 25.5 Å². The summed E-state index contributed by atoms with van der Waals surface area (Å²) in [5.74, 6) is -0.485. The molecule has 8 nitrogen and oxygen atoms in total. The van der Waals surface area contributed by atoms with E-state index in [0.29, 0.717) is 22.1 Å². The minimum atomic E-state index is -0.678. The monoisotopic (exact) mass is 487 g/mol. The van der Waals surface area contributed by atoms with E-state index in [1.54, 1.807) is 25.4 Å². The molecule has 0 saturated heterocycles. The first-order chi connectivity index (χ1) is 15.9. The summed E-state index contributed by atoms with van der Waals surface area (Å²) in [6.07, 6.45) is 4.53. The van der Waals surface area contributed by atoms with Crippen LogP contribution in [-0.2, 0) is 16.6 Å². The zero-order valence-corrected chi connectivity index (χ0v) is 20.1. The number of fused-ring (bicyclic) bond motifs is 1. The Bertz CT molecular complexity index is 1250. The van der Waals surface area contributed by atoms with Crippen molar-refractivity contribution in [2.45, 2.75) is 38.3 Å². The number of amides is 2. The highest BCUT2D eigenvalue weighted by atomic mass is 35.5. The molecule has 1 aliphatic rings. The topological polar surface area (TPSA) is 105 Å². The number of carbonyl (C=O) groups excluding carboxylic acids is 2. The maximum atomic E-state index is 12.9. The van der Waals surface area contributed by atoms with E-state index in [-0.39, 0.29) is 30.0 Å². The van der Waals surface area contributed by atoms with Crippen LogP contribution in [-0.4, -0.2) is 40.5 Å². The molecule has 1 saturated carbocycles. The molecule has 33 heavy (non-hydrogen) atoms. The average Bonchev–Trinajstić information content (AvgIpc) is 3.50. The van der Waals surface area contributed by atoms with Crippen LogP contribution in [0.2, 0.25) is 5.02 Å². The number of aryl methyl sites for hydroxylation is 1. The molecule has 174 valence electrons. The Kier molecular flexibility index (Phi) is 7.11. The number of aromatic nitrogens is 2. The van der Waals surface area contributed by atoms with Gasteiger partial charge in [-0.05, 0) is 49.6 Å². The van der Waals surface area contributed by atoms with Crippen molar-refractivity contribution in [1.29, 1.82) is 0 Å². The van der Waals surface area contributed by atoms with E-state index >= 15 is 0 Å². The molecule has 0 radical (unpaired) electrons. The van der Waals surface area contributed by atoms with Crippen molar-refractivity contribution in [3.8, 4) is 11.1 Å². The molecule has 3 aromatic rings. The van der Waals surface area contributed by atoms with Gasteiger partial charge in [0.05, 0.1) is 21.8 Å². The highest BCUT2D eigenvalue weighted by molar-refractivity contribution is 7.18. The van der Waals surface area contributed by atoms with E-state index in [9.17, 15) is 14.4 Å². The molecule has 0 bridgehead atoms. The van der Waals surface area contributed by atoms with Crippen molar-refractivity contribution in [3.05, 3.63) is 50.8 Å². The molecular weight excluding hydrogens is 462 g/mol. The highest BCUT2D eigenvalue weighted by Gasteiger charge is 2.26. The third-order valence-electron chi connectivity index (χ3n) is 5.38. The van der Waals surface area contributed by atoms with Crippen LogP contribution in [0.25, 0.3) is 21.3 Å². The summed E-state index contributed by atoms with van der Waals surface area (Å²) >= 11 is 7.90. The average molecular weight is 488 g/mol. The van der Waals surface area contributed by atoms with Gasteiger partial charge in [0.15, 0.2) is 0 Å². The van der Waals surface area contributed by atoms with E-state index in [2.05, 4.69) is 20.9 Å². The molecule has 1 aromatic carbocycles. The fraction of sp³-hybridized carbons (Fsp3) is 0.391. The van der Waals surface area contributed by atoms with Crippen LogP contribution < -0.4 is 21.5 Å². The fourth-order valence-electron chi connectivity index (χ4n) is 3.38. The van der Waals surface area contributed by atoms with Gasteiger partial charge in [0.1, 0.15) is 11.0 Å². The standard InChI is InChI=1S/C23H26ClN5O3S/c1-3-7-25-21(22(32)26-12-19(30)27-14-4-5-14)23-28-17-11-16(24)15(10-18(17)33-23)13-6-8-29(2)20(31)9-13/h6,8-11,14,21,25H,3-5,7,12H2,1-2H3,(H,26,32)(H,27,30). The molecule has 2 amide bonds. The third kappa shape index (κ3) is 5.61. The van der Waals surface area contributed by atoms with Gasteiger partial charge in [-0.3, -0.25) is 14.4 Å². The van der Waals surface area contributed by atoms with Crippen molar-refractivity contribution in [2.75, 3.05) is 13.1 Å². The van der Waals surface area contributed by atoms with Gasteiger partial charge >= 0.3 is 0 Å². The van der Waals surface area contributed by atoms with Crippen LogP contribution in [0.15, 0.2) is 35.3 Å². The molecule has 0 spiro atoms. The third-order valence-corrected chi connectivity index (χ3v) is 6.78. The van der Waals surface area contributed by atoms with E-state index < -0.39 is 6.04 Å². The van der Waals surface area contributed by atoms with Gasteiger partial charge in [-0.2, -0.15) is 0 Å². The number of nitrogens with zero attached hydrogens (tertiary/aromatic N) is 2. The molecule has 3 N–H and O–H groups in total. The fourth-order valence-corrected chi connectivity index (χ4v) is 4.71. The lowest BCUT2D eigenvalue weighted by Gasteiger charge is -2.15. The second-order valence-electron chi connectivity index (χ2n) is 8.16. The van der Waals surface area contributed by atoms with Gasteiger partial charge < -0.3 is 20.5 Å². The molecular formula is C23H26ClN5O3S. The van der Waals surface area contributed by atoms with Crippen LogP contribution >= 0.6 is 22.9 Å². The Morgan fingerprint density at radius 1 is 1.30 bits per heavy atom. The molecule has 1 atom stereocenters. The number of carbonyl (C=O) groups is 2. The Balaban J connectivity index is 1.59. The predicted octanol–water partition coefficient (Wildman–Crippen LogP) is 2.75. The molecule has 2 aromatic heterocycles. The Hall–Kier alpha value is -2.75. The molecule has 0 aliphatic heterocycles. The minimum Gasteiger partial charge on any atom is -0.352 e. The summed E-state index contributed by atoms with van der Waals surface area (Å²) < 4.78 is 2.35. The molecule has 1 fully saturated rings. The maximum Gasteiger partial charge on any atom is 0.250 e. The molecule has 1 unspecified atom stereocenters. The predicted molar refractivity (Wildman–Crippen MR) is 131 cm³/mol. The second kappa shape index (κ2) is 10.0. The highest BCUT2D eigenvalue weighted by Crippen LogP contribution is 2.35. The first-order valence-electron chi connectivity index (χ1n) is 10.9. The number of halogens is 1. The Morgan fingerprint density at radius 2 is 2.09 bits per heavy atom. The normalized spacial score (nSPS) is 14.3. The summed E-state index contributed by atoms with van der Waals surface area (Å²) in [6, 6.07) is 6.59. The van der Waals surface area contributed by atoms with Gasteiger partial charge in [0.25, 0.3) is 5.56 Å². The van der Waals surface area contributed by atoms with Crippen molar-refractivity contribution >= 4 is 45.0 Å². The number of rotatable bonds is 9.